The van der Waals surface area contributed by atoms with Crippen molar-refractivity contribution in [2.75, 3.05) is 6.54 Å². The van der Waals surface area contributed by atoms with Crippen molar-refractivity contribution in [3.63, 3.8) is 0 Å². The number of hydrogen-bond acceptors (Lipinski definition) is 2. The number of hydrogen-bond donors (Lipinski definition) is 1. The molecule has 0 unspecified atom stereocenters. The molecule has 0 bridgehead atoms. The molecule has 1 aromatic heterocycles. The van der Waals surface area contributed by atoms with E-state index in [1.54, 1.807) is 0 Å². The smallest absolute Gasteiger partial charge is 0.0518 e. The van der Waals surface area contributed by atoms with Gasteiger partial charge < -0.3 is 5.32 Å². The van der Waals surface area contributed by atoms with Crippen LogP contribution in [0.5, 0.6) is 0 Å². The molecule has 0 atom stereocenters. The lowest BCUT2D eigenvalue weighted by Crippen LogP contribution is -2.16. The third kappa shape index (κ3) is 3.24. The van der Waals surface area contributed by atoms with Crippen LogP contribution in [0.2, 0.25) is 0 Å². The van der Waals surface area contributed by atoms with E-state index in [1.165, 1.54) is 12.1 Å². The molecule has 1 aromatic rings. The molecule has 4 heteroatoms. The zero-order valence-electron chi connectivity index (χ0n) is 7.58. The van der Waals surface area contributed by atoms with Gasteiger partial charge >= 0.3 is 0 Å². The largest absolute Gasteiger partial charge is 0.311 e. The lowest BCUT2D eigenvalue weighted by atomic mass is 10.4. The Labute approximate surface area is 79.6 Å². The number of nitrogens with one attached hydrogen (secondary N) is 1. The molecule has 3 nitrogen and oxygen atoms in total. The number of aromatic nitrogens is 2. The summed E-state index contributed by atoms with van der Waals surface area (Å²) in [7, 11) is 1.96. The van der Waals surface area contributed by atoms with Gasteiger partial charge in [-0.1, -0.05) is 6.92 Å². The number of rotatable bonds is 4. The van der Waals surface area contributed by atoms with Crippen molar-refractivity contribution in [3.05, 3.63) is 18.0 Å². The highest BCUT2D eigenvalue weighted by Gasteiger charge is 1.94. The summed E-state index contributed by atoms with van der Waals surface area (Å²) in [5, 5.41) is 7.39. The third-order valence-corrected chi connectivity index (χ3v) is 1.66. The number of nitrogens with zero attached hydrogens (tertiary/aromatic N) is 2. The van der Waals surface area contributed by atoms with E-state index in [9.17, 15) is 0 Å². The summed E-state index contributed by atoms with van der Waals surface area (Å²) in [6, 6.07) is 2.03. The second kappa shape index (κ2) is 6.03. The van der Waals surface area contributed by atoms with E-state index in [4.69, 9.17) is 0 Å². The molecular formula is C8H16ClN3. The van der Waals surface area contributed by atoms with Gasteiger partial charge in [-0.15, -0.1) is 12.4 Å². The second-order valence-electron chi connectivity index (χ2n) is 2.62. The summed E-state index contributed by atoms with van der Waals surface area (Å²) in [6.45, 7) is 4.16. The molecular weight excluding hydrogens is 174 g/mol. The van der Waals surface area contributed by atoms with Crippen LogP contribution in [0, 0.1) is 0 Å². The van der Waals surface area contributed by atoms with Crippen LogP contribution in [-0.2, 0) is 13.6 Å². The van der Waals surface area contributed by atoms with Crippen LogP contribution in [0.3, 0.4) is 0 Å². The molecule has 70 valence electrons. The van der Waals surface area contributed by atoms with Gasteiger partial charge in [0.1, 0.15) is 0 Å². The summed E-state index contributed by atoms with van der Waals surface area (Å²) in [5.41, 5.74) is 1.23. The van der Waals surface area contributed by atoms with E-state index < -0.39 is 0 Å². The van der Waals surface area contributed by atoms with Crippen molar-refractivity contribution >= 4 is 12.4 Å². The molecule has 1 N–H and O–H groups in total. The summed E-state index contributed by atoms with van der Waals surface area (Å²) in [4.78, 5) is 0. The Morgan fingerprint density at radius 2 is 2.33 bits per heavy atom. The Kier molecular flexibility index (Phi) is 5.76. The highest BCUT2D eigenvalue weighted by Crippen LogP contribution is 1.94. The fraction of sp³-hybridized carbons (Fsp3) is 0.625. The SMILES string of the molecule is CCCNCc1ccnn1C.Cl. The fourth-order valence-corrected chi connectivity index (χ4v) is 0.968. The lowest BCUT2D eigenvalue weighted by molar-refractivity contribution is 0.620. The third-order valence-electron chi connectivity index (χ3n) is 1.66. The maximum atomic E-state index is 4.07. The molecule has 0 saturated carbocycles. The van der Waals surface area contributed by atoms with Gasteiger partial charge in [0.05, 0.1) is 5.69 Å². The van der Waals surface area contributed by atoms with E-state index >= 15 is 0 Å². The van der Waals surface area contributed by atoms with E-state index in [2.05, 4.69) is 17.3 Å². The highest BCUT2D eigenvalue weighted by atomic mass is 35.5. The van der Waals surface area contributed by atoms with E-state index in [1.807, 2.05) is 24.0 Å². The highest BCUT2D eigenvalue weighted by molar-refractivity contribution is 5.85. The molecule has 0 fully saturated rings. The van der Waals surface area contributed by atoms with Gasteiger partial charge in [-0.25, -0.2) is 0 Å². The molecule has 1 heterocycles. The minimum absolute atomic E-state index is 0. The van der Waals surface area contributed by atoms with Crippen molar-refractivity contribution in [2.45, 2.75) is 19.9 Å². The van der Waals surface area contributed by atoms with E-state index in [-0.39, 0.29) is 12.4 Å². The van der Waals surface area contributed by atoms with Crippen LogP contribution in [-0.4, -0.2) is 16.3 Å². The standard InChI is InChI=1S/C8H15N3.ClH/c1-3-5-9-7-8-4-6-10-11(8)2;/h4,6,9H,3,5,7H2,1-2H3;1H. The van der Waals surface area contributed by atoms with Gasteiger partial charge in [0.25, 0.3) is 0 Å². The van der Waals surface area contributed by atoms with Crippen LogP contribution >= 0.6 is 12.4 Å². The van der Waals surface area contributed by atoms with E-state index in [0.29, 0.717) is 0 Å². The van der Waals surface area contributed by atoms with Crippen molar-refractivity contribution < 1.29 is 0 Å². The summed E-state index contributed by atoms with van der Waals surface area (Å²) in [6.07, 6.45) is 3.00. The monoisotopic (exact) mass is 189 g/mol. The minimum atomic E-state index is 0. The van der Waals surface area contributed by atoms with Crippen LogP contribution in [0.25, 0.3) is 0 Å². The molecule has 0 radical (unpaired) electrons. The zero-order valence-corrected chi connectivity index (χ0v) is 8.40. The lowest BCUT2D eigenvalue weighted by Gasteiger charge is -2.02. The van der Waals surface area contributed by atoms with Crippen LogP contribution in [0.15, 0.2) is 12.3 Å². The molecule has 1 rings (SSSR count). The molecule has 0 amide bonds. The van der Waals surface area contributed by atoms with E-state index in [0.717, 1.165) is 13.1 Å². The molecule has 0 saturated heterocycles. The molecule has 0 aromatic carbocycles. The Bertz CT molecular complexity index is 210. The van der Waals surface area contributed by atoms with Gasteiger partial charge in [0, 0.05) is 19.8 Å². The summed E-state index contributed by atoms with van der Waals surface area (Å²) >= 11 is 0. The maximum absolute atomic E-state index is 4.07. The Morgan fingerprint density at radius 3 is 2.83 bits per heavy atom. The Balaban J connectivity index is 0.00000121. The van der Waals surface area contributed by atoms with Crippen LogP contribution in [0.1, 0.15) is 19.0 Å². The molecule has 0 spiro atoms. The van der Waals surface area contributed by atoms with Crippen molar-refractivity contribution in [1.29, 1.82) is 0 Å². The normalized spacial score (nSPS) is 9.50. The van der Waals surface area contributed by atoms with Crippen molar-refractivity contribution in [3.8, 4) is 0 Å². The molecule has 12 heavy (non-hydrogen) atoms. The summed E-state index contributed by atoms with van der Waals surface area (Å²) in [5.74, 6) is 0. The zero-order chi connectivity index (χ0) is 8.10. The molecule has 0 aliphatic rings. The van der Waals surface area contributed by atoms with Crippen molar-refractivity contribution in [2.24, 2.45) is 7.05 Å². The predicted octanol–water partition coefficient (Wildman–Crippen LogP) is 1.34. The first-order valence-electron chi connectivity index (χ1n) is 4.02. The second-order valence-corrected chi connectivity index (χ2v) is 2.62. The van der Waals surface area contributed by atoms with Gasteiger partial charge in [-0.2, -0.15) is 5.10 Å². The van der Waals surface area contributed by atoms with Crippen LogP contribution in [0.4, 0.5) is 0 Å². The quantitative estimate of drug-likeness (QED) is 0.725. The Morgan fingerprint density at radius 1 is 1.58 bits per heavy atom. The predicted molar refractivity (Wildman–Crippen MR) is 52.5 cm³/mol. The van der Waals surface area contributed by atoms with Gasteiger partial charge in [0.15, 0.2) is 0 Å². The first-order valence-corrected chi connectivity index (χ1v) is 4.02. The number of aryl methyl sites for hydroxylation is 1. The number of halogens is 1. The Hall–Kier alpha value is -0.540. The van der Waals surface area contributed by atoms with Gasteiger partial charge in [-0.05, 0) is 19.0 Å². The minimum Gasteiger partial charge on any atom is -0.311 e. The van der Waals surface area contributed by atoms with Crippen LogP contribution < -0.4 is 5.32 Å². The maximum Gasteiger partial charge on any atom is 0.0518 e. The molecule has 0 aliphatic carbocycles. The average molecular weight is 190 g/mol. The topological polar surface area (TPSA) is 29.9 Å². The average Bonchev–Trinajstić information content (AvgIpc) is 2.37. The van der Waals surface area contributed by atoms with Crippen molar-refractivity contribution in [1.82, 2.24) is 15.1 Å². The first-order chi connectivity index (χ1) is 5.34. The first kappa shape index (κ1) is 11.5. The summed E-state index contributed by atoms with van der Waals surface area (Å²) < 4.78 is 1.89. The fourth-order valence-electron chi connectivity index (χ4n) is 0.968. The molecule has 0 aliphatic heterocycles. The van der Waals surface area contributed by atoms with Gasteiger partial charge in [-0.3, -0.25) is 4.68 Å². The van der Waals surface area contributed by atoms with Gasteiger partial charge in [0.2, 0.25) is 0 Å².